The van der Waals surface area contributed by atoms with Crippen LogP contribution in [0.1, 0.15) is 50.2 Å². The zero-order chi connectivity index (χ0) is 30.4. The first-order chi connectivity index (χ1) is 20.0. The topological polar surface area (TPSA) is 86.8 Å². The van der Waals surface area contributed by atoms with Crippen LogP contribution < -0.4 is 9.62 Å². The van der Waals surface area contributed by atoms with Crippen LogP contribution in [0.25, 0.3) is 0 Å². The van der Waals surface area contributed by atoms with Crippen LogP contribution in [0, 0.1) is 6.92 Å². The molecule has 2 amide bonds. The Morgan fingerprint density at radius 2 is 1.71 bits per heavy atom. The molecule has 1 aliphatic rings. The molecular formula is C31H34BrCl2N3O4S. The summed E-state index contributed by atoms with van der Waals surface area (Å²) in [6.07, 6.45) is 4.21. The summed E-state index contributed by atoms with van der Waals surface area (Å²) >= 11 is 16.0. The Morgan fingerprint density at radius 3 is 2.33 bits per heavy atom. The van der Waals surface area contributed by atoms with Crippen molar-refractivity contribution >= 4 is 66.7 Å². The van der Waals surface area contributed by atoms with E-state index in [-0.39, 0.29) is 23.4 Å². The van der Waals surface area contributed by atoms with Gasteiger partial charge in [-0.2, -0.15) is 0 Å². The third-order valence-corrected chi connectivity index (χ3v) is 10.3. The van der Waals surface area contributed by atoms with Gasteiger partial charge in [-0.05, 0) is 74.2 Å². The van der Waals surface area contributed by atoms with Crippen molar-refractivity contribution in [2.45, 2.75) is 69.5 Å². The highest BCUT2D eigenvalue weighted by molar-refractivity contribution is 9.10. The molecule has 1 atom stereocenters. The summed E-state index contributed by atoms with van der Waals surface area (Å²) in [4.78, 5) is 29.3. The van der Waals surface area contributed by atoms with Crippen molar-refractivity contribution in [3.05, 3.63) is 92.4 Å². The molecule has 0 heterocycles. The van der Waals surface area contributed by atoms with Crippen LogP contribution in [-0.4, -0.2) is 43.8 Å². The van der Waals surface area contributed by atoms with E-state index in [9.17, 15) is 18.0 Å². The summed E-state index contributed by atoms with van der Waals surface area (Å²) in [5.41, 5.74) is 1.81. The molecule has 0 spiro atoms. The number of rotatable bonds is 11. The summed E-state index contributed by atoms with van der Waals surface area (Å²) in [6, 6.07) is 17.4. The Bertz CT molecular complexity index is 1530. The van der Waals surface area contributed by atoms with Gasteiger partial charge in [0.15, 0.2) is 0 Å². The highest BCUT2D eigenvalue weighted by atomic mass is 79.9. The predicted octanol–water partition coefficient (Wildman–Crippen LogP) is 7.13. The van der Waals surface area contributed by atoms with Crippen molar-refractivity contribution in [3.8, 4) is 0 Å². The van der Waals surface area contributed by atoms with Crippen LogP contribution in [0.5, 0.6) is 0 Å². The molecule has 3 aromatic rings. The van der Waals surface area contributed by atoms with Gasteiger partial charge in [0.2, 0.25) is 11.8 Å². The first-order valence-corrected chi connectivity index (χ1v) is 16.9. The van der Waals surface area contributed by atoms with E-state index in [1.807, 2.05) is 13.8 Å². The number of hydrogen-bond acceptors (Lipinski definition) is 4. The number of carbonyl (C=O) groups excluding carboxylic acids is 2. The summed E-state index contributed by atoms with van der Waals surface area (Å²) in [5.74, 6) is -0.802. The second-order valence-electron chi connectivity index (χ2n) is 10.5. The Balaban J connectivity index is 1.73. The lowest BCUT2D eigenvalue weighted by Crippen LogP contribution is -2.53. The zero-order valence-corrected chi connectivity index (χ0v) is 27.4. The number of hydrogen-bond donors (Lipinski definition) is 1. The summed E-state index contributed by atoms with van der Waals surface area (Å²) in [6.45, 7) is 3.18. The molecule has 1 N–H and O–H groups in total. The van der Waals surface area contributed by atoms with E-state index in [0.29, 0.717) is 32.2 Å². The van der Waals surface area contributed by atoms with E-state index in [1.165, 1.54) is 17.0 Å². The molecule has 224 valence electrons. The van der Waals surface area contributed by atoms with E-state index < -0.39 is 28.5 Å². The molecular weight excluding hydrogens is 661 g/mol. The van der Waals surface area contributed by atoms with Crippen molar-refractivity contribution in [2.75, 3.05) is 10.8 Å². The molecule has 0 aromatic heterocycles. The molecule has 7 nitrogen and oxygen atoms in total. The minimum absolute atomic E-state index is 0.00231. The molecule has 3 aromatic carbocycles. The van der Waals surface area contributed by atoms with Crippen LogP contribution in [0.15, 0.2) is 76.1 Å². The van der Waals surface area contributed by atoms with Crippen LogP contribution in [-0.2, 0) is 26.2 Å². The smallest absolute Gasteiger partial charge is 0.264 e. The Hall–Kier alpha value is -2.59. The van der Waals surface area contributed by atoms with E-state index in [2.05, 4.69) is 21.2 Å². The molecule has 1 fully saturated rings. The van der Waals surface area contributed by atoms with Gasteiger partial charge in [0.25, 0.3) is 10.0 Å². The first-order valence-electron chi connectivity index (χ1n) is 13.9. The van der Waals surface area contributed by atoms with Gasteiger partial charge in [0, 0.05) is 27.1 Å². The third kappa shape index (κ3) is 7.86. The molecule has 4 rings (SSSR count). The molecule has 11 heteroatoms. The maximum atomic E-state index is 14.2. The van der Waals surface area contributed by atoms with E-state index >= 15 is 0 Å². The van der Waals surface area contributed by atoms with Gasteiger partial charge < -0.3 is 10.2 Å². The quantitative estimate of drug-likeness (QED) is 0.232. The molecule has 0 radical (unpaired) electrons. The number of aryl methyl sites for hydroxylation is 1. The fourth-order valence-corrected chi connectivity index (χ4v) is 7.38. The van der Waals surface area contributed by atoms with Crippen molar-refractivity contribution in [2.24, 2.45) is 0 Å². The summed E-state index contributed by atoms with van der Waals surface area (Å²) in [7, 11) is -4.15. The molecule has 0 aliphatic heterocycles. The molecule has 0 saturated heterocycles. The predicted molar refractivity (Wildman–Crippen MR) is 171 cm³/mol. The molecule has 1 saturated carbocycles. The van der Waals surface area contributed by atoms with Gasteiger partial charge >= 0.3 is 0 Å². The fraction of sp³-hybridized carbons (Fsp3) is 0.355. The number of nitrogens with one attached hydrogen (secondary N) is 1. The number of sulfonamides is 1. The zero-order valence-electron chi connectivity index (χ0n) is 23.5. The monoisotopic (exact) mass is 693 g/mol. The second kappa shape index (κ2) is 14.3. The number of carbonyl (C=O) groups is 2. The Morgan fingerprint density at radius 1 is 1.02 bits per heavy atom. The maximum Gasteiger partial charge on any atom is 0.264 e. The van der Waals surface area contributed by atoms with Crippen LogP contribution in [0.2, 0.25) is 10.0 Å². The first kappa shape index (κ1) is 32.3. The highest BCUT2D eigenvalue weighted by Crippen LogP contribution is 2.29. The number of amides is 2. The molecule has 42 heavy (non-hydrogen) atoms. The number of anilines is 1. The summed E-state index contributed by atoms with van der Waals surface area (Å²) < 4.78 is 29.7. The lowest BCUT2D eigenvalue weighted by molar-refractivity contribution is -0.140. The minimum atomic E-state index is -4.15. The van der Waals surface area contributed by atoms with Crippen molar-refractivity contribution in [1.82, 2.24) is 10.2 Å². The SMILES string of the molecule is CC[C@@H](C(=O)NC1CCCC1)N(Cc1ccc(Cl)cc1Cl)C(=O)CN(c1cccc(Br)c1)S(=O)(=O)c1ccc(C)cc1. The molecule has 0 unspecified atom stereocenters. The van der Waals surface area contributed by atoms with Gasteiger partial charge in [0.1, 0.15) is 12.6 Å². The molecule has 1 aliphatic carbocycles. The van der Waals surface area contributed by atoms with Gasteiger partial charge in [-0.15, -0.1) is 0 Å². The van der Waals surface area contributed by atoms with Crippen molar-refractivity contribution in [1.29, 1.82) is 0 Å². The summed E-state index contributed by atoms with van der Waals surface area (Å²) in [5, 5.41) is 3.90. The minimum Gasteiger partial charge on any atom is -0.352 e. The van der Waals surface area contributed by atoms with E-state index in [0.717, 1.165) is 35.6 Å². The number of benzene rings is 3. The van der Waals surface area contributed by atoms with Gasteiger partial charge in [-0.25, -0.2) is 8.42 Å². The average Bonchev–Trinajstić information content (AvgIpc) is 3.45. The van der Waals surface area contributed by atoms with E-state index in [4.69, 9.17) is 23.2 Å². The van der Waals surface area contributed by atoms with Gasteiger partial charge in [0.05, 0.1) is 10.6 Å². The largest absolute Gasteiger partial charge is 0.352 e. The third-order valence-electron chi connectivity index (χ3n) is 7.43. The lowest BCUT2D eigenvalue weighted by atomic mass is 10.1. The average molecular weight is 696 g/mol. The normalized spacial score (nSPS) is 14.4. The maximum absolute atomic E-state index is 14.2. The number of halogens is 3. The fourth-order valence-electron chi connectivity index (χ4n) is 5.12. The van der Waals surface area contributed by atoms with Gasteiger partial charge in [-0.1, -0.05) is 88.7 Å². The standard InChI is InChI=1S/C31H34BrCl2N3O4S/c1-3-29(31(39)35-25-8-4-5-9-25)36(19-22-13-14-24(33)18-28(22)34)30(38)20-37(26-10-6-7-23(32)17-26)42(40,41)27-15-11-21(2)12-16-27/h6-7,10-18,25,29H,3-5,8-9,19-20H2,1-2H3,(H,35,39)/t29-/m0/s1. The number of nitrogens with zero attached hydrogens (tertiary/aromatic N) is 2. The van der Waals surface area contributed by atoms with Crippen LogP contribution in [0.4, 0.5) is 5.69 Å². The Kier molecular flexibility index (Phi) is 11.0. The Labute approximate surface area is 266 Å². The lowest BCUT2D eigenvalue weighted by Gasteiger charge is -2.34. The van der Waals surface area contributed by atoms with Crippen molar-refractivity contribution in [3.63, 3.8) is 0 Å². The van der Waals surface area contributed by atoms with Crippen molar-refractivity contribution < 1.29 is 18.0 Å². The van der Waals surface area contributed by atoms with Crippen LogP contribution in [0.3, 0.4) is 0 Å². The van der Waals surface area contributed by atoms with Crippen LogP contribution >= 0.6 is 39.1 Å². The van der Waals surface area contributed by atoms with E-state index in [1.54, 1.807) is 54.6 Å². The second-order valence-corrected chi connectivity index (χ2v) is 14.1. The molecule has 0 bridgehead atoms. The van der Waals surface area contributed by atoms with Gasteiger partial charge in [-0.3, -0.25) is 13.9 Å². The highest BCUT2D eigenvalue weighted by Gasteiger charge is 2.35.